The molecule has 0 unspecified atom stereocenters. The lowest BCUT2D eigenvalue weighted by molar-refractivity contribution is 0.100. The molecule has 1 amide bonds. The summed E-state index contributed by atoms with van der Waals surface area (Å²) in [6, 6.07) is 11.1. The van der Waals surface area contributed by atoms with E-state index in [1.807, 2.05) is 19.1 Å². The molecule has 2 aromatic rings. The maximum Gasteiger partial charge on any atom is 0.250 e. The molecule has 110 valence electrons. The summed E-state index contributed by atoms with van der Waals surface area (Å²) in [7, 11) is 1.64. The molecule has 5 heteroatoms. The first-order chi connectivity index (χ1) is 10.0. The van der Waals surface area contributed by atoms with E-state index in [1.165, 1.54) is 0 Å². The first-order valence-corrected chi connectivity index (χ1v) is 6.86. The van der Waals surface area contributed by atoms with Gasteiger partial charge in [0.05, 0.1) is 17.7 Å². The lowest BCUT2D eigenvalue weighted by Gasteiger charge is -2.12. The average Bonchev–Trinajstić information content (AvgIpc) is 2.46. The summed E-state index contributed by atoms with van der Waals surface area (Å²) < 4.78 is 5.33. The maximum absolute atomic E-state index is 11.3. The lowest BCUT2D eigenvalue weighted by atomic mass is 10.1. The normalized spacial score (nSPS) is 10.2. The van der Waals surface area contributed by atoms with Gasteiger partial charge >= 0.3 is 0 Å². The average molecular weight is 305 g/mol. The number of ether oxygens (including phenoxy) is 1. The van der Waals surface area contributed by atoms with Gasteiger partial charge < -0.3 is 15.8 Å². The Balaban J connectivity index is 2.19. The number of halogens is 1. The number of nitrogens with one attached hydrogen (secondary N) is 1. The fourth-order valence-electron chi connectivity index (χ4n) is 2.07. The molecule has 0 spiro atoms. The molecule has 0 atom stereocenters. The van der Waals surface area contributed by atoms with Gasteiger partial charge in [-0.3, -0.25) is 4.79 Å². The molecular weight excluding hydrogens is 288 g/mol. The van der Waals surface area contributed by atoms with Crippen LogP contribution in [0.4, 0.5) is 5.69 Å². The second-order valence-corrected chi connectivity index (χ2v) is 5.13. The number of benzene rings is 2. The summed E-state index contributed by atoms with van der Waals surface area (Å²) >= 11 is 5.93. The third-order valence-corrected chi connectivity index (χ3v) is 3.48. The highest BCUT2D eigenvalue weighted by molar-refractivity contribution is 6.33. The molecule has 3 N–H and O–H groups in total. The van der Waals surface area contributed by atoms with Crippen LogP contribution in [0.5, 0.6) is 5.75 Å². The minimum absolute atomic E-state index is 0.304. The topological polar surface area (TPSA) is 64.3 Å². The summed E-state index contributed by atoms with van der Waals surface area (Å²) in [5.74, 6) is 0.272. The van der Waals surface area contributed by atoms with Gasteiger partial charge in [-0.2, -0.15) is 0 Å². The minimum atomic E-state index is -0.545. The molecule has 21 heavy (non-hydrogen) atoms. The number of carbonyl (C=O) groups excluding carboxylic acids is 1. The largest absolute Gasteiger partial charge is 0.496 e. The number of aryl methyl sites for hydroxylation is 1. The number of methoxy groups -OCH3 is 1. The van der Waals surface area contributed by atoms with Crippen molar-refractivity contribution in [3.05, 3.63) is 58.1 Å². The minimum Gasteiger partial charge on any atom is -0.496 e. The van der Waals surface area contributed by atoms with E-state index in [0.29, 0.717) is 17.1 Å². The van der Waals surface area contributed by atoms with E-state index in [1.54, 1.807) is 25.3 Å². The van der Waals surface area contributed by atoms with Crippen molar-refractivity contribution in [3.63, 3.8) is 0 Å². The van der Waals surface area contributed by atoms with Crippen molar-refractivity contribution in [2.24, 2.45) is 5.73 Å². The third kappa shape index (κ3) is 3.67. The Morgan fingerprint density at radius 1 is 1.29 bits per heavy atom. The van der Waals surface area contributed by atoms with Crippen molar-refractivity contribution in [3.8, 4) is 5.75 Å². The Morgan fingerprint density at radius 2 is 2.05 bits per heavy atom. The van der Waals surface area contributed by atoms with Gasteiger partial charge in [0.25, 0.3) is 0 Å². The number of rotatable bonds is 5. The molecule has 4 nitrogen and oxygen atoms in total. The Kier molecular flexibility index (Phi) is 4.70. The molecule has 2 rings (SSSR count). The van der Waals surface area contributed by atoms with Crippen LogP contribution in [0.2, 0.25) is 5.02 Å². The molecular formula is C16H17ClN2O2. The van der Waals surface area contributed by atoms with E-state index < -0.39 is 5.91 Å². The van der Waals surface area contributed by atoms with Crippen molar-refractivity contribution >= 4 is 23.2 Å². The number of anilines is 1. The van der Waals surface area contributed by atoms with E-state index in [4.69, 9.17) is 22.1 Å². The highest BCUT2D eigenvalue weighted by Crippen LogP contribution is 2.23. The molecule has 0 fully saturated rings. The van der Waals surface area contributed by atoms with E-state index in [9.17, 15) is 4.79 Å². The van der Waals surface area contributed by atoms with E-state index in [2.05, 4.69) is 11.4 Å². The highest BCUT2D eigenvalue weighted by atomic mass is 35.5. The molecule has 2 aromatic carbocycles. The Bertz CT molecular complexity index is 671. The molecule has 0 aliphatic heterocycles. The summed E-state index contributed by atoms with van der Waals surface area (Å²) in [5.41, 5.74) is 8.55. The summed E-state index contributed by atoms with van der Waals surface area (Å²) in [6.07, 6.45) is 0. The zero-order chi connectivity index (χ0) is 15.4. The zero-order valence-corrected chi connectivity index (χ0v) is 12.7. The van der Waals surface area contributed by atoms with Gasteiger partial charge in [0.2, 0.25) is 5.91 Å². The van der Waals surface area contributed by atoms with Crippen LogP contribution < -0.4 is 15.8 Å². The molecule has 0 aromatic heterocycles. The summed E-state index contributed by atoms with van der Waals surface area (Å²) in [5, 5.41) is 3.59. The van der Waals surface area contributed by atoms with Crippen LogP contribution in [-0.4, -0.2) is 13.0 Å². The third-order valence-electron chi connectivity index (χ3n) is 3.15. The van der Waals surface area contributed by atoms with Gasteiger partial charge in [-0.1, -0.05) is 29.3 Å². The Labute approximate surface area is 128 Å². The maximum atomic E-state index is 11.3. The van der Waals surface area contributed by atoms with Crippen LogP contribution in [0.3, 0.4) is 0 Å². The predicted molar refractivity (Wildman–Crippen MR) is 85.0 cm³/mol. The Morgan fingerprint density at radius 3 is 2.71 bits per heavy atom. The van der Waals surface area contributed by atoms with E-state index in [0.717, 1.165) is 22.6 Å². The predicted octanol–water partition coefficient (Wildman–Crippen LogP) is 3.37. The monoisotopic (exact) mass is 304 g/mol. The van der Waals surface area contributed by atoms with Crippen molar-refractivity contribution in [2.45, 2.75) is 13.5 Å². The van der Waals surface area contributed by atoms with Gasteiger partial charge in [-0.15, -0.1) is 0 Å². The molecule has 0 heterocycles. The number of amides is 1. The van der Waals surface area contributed by atoms with Crippen LogP contribution in [0.1, 0.15) is 21.5 Å². The number of carbonyl (C=O) groups is 1. The lowest BCUT2D eigenvalue weighted by Crippen LogP contribution is -2.12. The first-order valence-electron chi connectivity index (χ1n) is 6.48. The Hall–Kier alpha value is -2.20. The summed E-state index contributed by atoms with van der Waals surface area (Å²) in [6.45, 7) is 2.60. The first kappa shape index (κ1) is 15.2. The summed E-state index contributed by atoms with van der Waals surface area (Å²) in [4.78, 5) is 11.3. The quantitative estimate of drug-likeness (QED) is 0.890. The highest BCUT2D eigenvalue weighted by Gasteiger charge is 2.08. The second-order valence-electron chi connectivity index (χ2n) is 4.73. The van der Waals surface area contributed by atoms with Crippen LogP contribution in [0.15, 0.2) is 36.4 Å². The van der Waals surface area contributed by atoms with Crippen molar-refractivity contribution in [2.75, 3.05) is 12.4 Å². The van der Waals surface area contributed by atoms with Gasteiger partial charge in [-0.05, 0) is 31.2 Å². The fraction of sp³-hybridized carbons (Fsp3) is 0.188. The molecule has 0 saturated carbocycles. The van der Waals surface area contributed by atoms with E-state index >= 15 is 0 Å². The number of primary amides is 1. The second kappa shape index (κ2) is 6.50. The van der Waals surface area contributed by atoms with Crippen molar-refractivity contribution < 1.29 is 9.53 Å². The smallest absolute Gasteiger partial charge is 0.250 e. The molecule has 0 bridgehead atoms. The standard InChI is InChI=1S/C16H17ClN2O2/c1-10-3-6-15(21-2)11(7-10)9-19-12-4-5-14(17)13(8-12)16(18)20/h3-8,19H,9H2,1-2H3,(H2,18,20). The van der Waals surface area contributed by atoms with Gasteiger partial charge in [-0.25, -0.2) is 0 Å². The molecule has 0 aliphatic rings. The molecule has 0 aliphatic carbocycles. The van der Waals surface area contributed by atoms with Gasteiger partial charge in [0.1, 0.15) is 5.75 Å². The van der Waals surface area contributed by atoms with E-state index in [-0.39, 0.29) is 0 Å². The van der Waals surface area contributed by atoms with Gasteiger partial charge in [0.15, 0.2) is 0 Å². The number of hydrogen-bond acceptors (Lipinski definition) is 3. The van der Waals surface area contributed by atoms with Crippen molar-refractivity contribution in [1.29, 1.82) is 0 Å². The molecule has 0 saturated heterocycles. The zero-order valence-electron chi connectivity index (χ0n) is 11.9. The van der Waals surface area contributed by atoms with Gasteiger partial charge in [0, 0.05) is 17.8 Å². The number of nitrogens with two attached hydrogens (primary N) is 1. The number of hydrogen-bond donors (Lipinski definition) is 2. The van der Waals surface area contributed by atoms with Crippen LogP contribution in [0.25, 0.3) is 0 Å². The molecule has 0 radical (unpaired) electrons. The fourth-order valence-corrected chi connectivity index (χ4v) is 2.28. The van der Waals surface area contributed by atoms with Crippen LogP contribution >= 0.6 is 11.6 Å². The SMILES string of the molecule is COc1ccc(C)cc1CNc1ccc(Cl)c(C(N)=O)c1. The van der Waals surface area contributed by atoms with Crippen molar-refractivity contribution in [1.82, 2.24) is 0 Å². The van der Waals surface area contributed by atoms with Crippen LogP contribution in [0, 0.1) is 6.92 Å². The van der Waals surface area contributed by atoms with Crippen LogP contribution in [-0.2, 0) is 6.54 Å².